The van der Waals surface area contributed by atoms with Crippen LogP contribution in [0.3, 0.4) is 0 Å². The molecule has 0 spiro atoms. The predicted octanol–water partition coefficient (Wildman–Crippen LogP) is 2.27. The summed E-state index contributed by atoms with van der Waals surface area (Å²) in [6, 6.07) is 3.47. The number of nitrogens with zero attached hydrogens (tertiary/aromatic N) is 2. The molecule has 0 aliphatic rings. The SMILES string of the molecule is Cc1ccc(C(C)Nc2nc(N)ncc2F)o1. The van der Waals surface area contributed by atoms with Crippen molar-refractivity contribution in [2.45, 2.75) is 19.9 Å². The van der Waals surface area contributed by atoms with Crippen molar-refractivity contribution in [3.05, 3.63) is 35.7 Å². The second kappa shape index (κ2) is 4.40. The van der Waals surface area contributed by atoms with Gasteiger partial charge in [-0.2, -0.15) is 4.98 Å². The maximum atomic E-state index is 13.4. The normalized spacial score (nSPS) is 12.4. The second-order valence-corrected chi connectivity index (χ2v) is 3.74. The Morgan fingerprint density at radius 3 is 2.88 bits per heavy atom. The zero-order valence-electron chi connectivity index (χ0n) is 9.57. The summed E-state index contributed by atoms with van der Waals surface area (Å²) in [7, 11) is 0. The first kappa shape index (κ1) is 11.4. The monoisotopic (exact) mass is 236 g/mol. The standard InChI is InChI=1S/C11H13FN4O/c1-6-3-4-9(17-6)7(2)15-10-8(12)5-14-11(13)16-10/h3-5,7H,1-2H3,(H3,13,14,15,16). The van der Waals surface area contributed by atoms with Gasteiger partial charge < -0.3 is 15.5 Å². The van der Waals surface area contributed by atoms with E-state index in [0.717, 1.165) is 12.0 Å². The van der Waals surface area contributed by atoms with Crippen molar-refractivity contribution in [3.8, 4) is 0 Å². The Labute approximate surface area is 97.9 Å². The molecule has 2 aromatic rings. The van der Waals surface area contributed by atoms with Gasteiger partial charge in [0.15, 0.2) is 11.6 Å². The van der Waals surface area contributed by atoms with E-state index >= 15 is 0 Å². The van der Waals surface area contributed by atoms with Crippen LogP contribution in [0.2, 0.25) is 0 Å². The van der Waals surface area contributed by atoms with Gasteiger partial charge in [-0.05, 0) is 26.0 Å². The minimum absolute atomic E-state index is 0.0247. The lowest BCUT2D eigenvalue weighted by Crippen LogP contribution is -2.10. The van der Waals surface area contributed by atoms with Crippen molar-refractivity contribution < 1.29 is 8.81 Å². The van der Waals surface area contributed by atoms with E-state index in [9.17, 15) is 4.39 Å². The minimum Gasteiger partial charge on any atom is -0.464 e. The molecule has 0 saturated heterocycles. The molecule has 0 saturated carbocycles. The number of anilines is 2. The van der Waals surface area contributed by atoms with Crippen LogP contribution in [-0.2, 0) is 0 Å². The van der Waals surface area contributed by atoms with Crippen LogP contribution in [0.25, 0.3) is 0 Å². The van der Waals surface area contributed by atoms with Gasteiger partial charge in [-0.3, -0.25) is 0 Å². The van der Waals surface area contributed by atoms with E-state index in [-0.39, 0.29) is 17.8 Å². The van der Waals surface area contributed by atoms with Crippen LogP contribution in [0.4, 0.5) is 16.2 Å². The van der Waals surface area contributed by atoms with Gasteiger partial charge in [0.1, 0.15) is 11.5 Å². The largest absolute Gasteiger partial charge is 0.464 e. The van der Waals surface area contributed by atoms with Gasteiger partial charge in [0.05, 0.1) is 12.2 Å². The molecular weight excluding hydrogens is 223 g/mol. The Kier molecular flexibility index (Phi) is 2.95. The molecule has 0 aliphatic heterocycles. The summed E-state index contributed by atoms with van der Waals surface area (Å²) in [4.78, 5) is 7.34. The van der Waals surface area contributed by atoms with E-state index in [2.05, 4.69) is 15.3 Å². The van der Waals surface area contributed by atoms with Crippen molar-refractivity contribution in [2.24, 2.45) is 0 Å². The average molecular weight is 236 g/mol. The third-order valence-corrected chi connectivity index (χ3v) is 2.30. The van der Waals surface area contributed by atoms with E-state index in [4.69, 9.17) is 10.2 Å². The Bertz CT molecular complexity index is 526. The smallest absolute Gasteiger partial charge is 0.222 e. The Hall–Kier alpha value is -2.11. The highest BCUT2D eigenvalue weighted by Crippen LogP contribution is 2.21. The molecule has 0 radical (unpaired) electrons. The van der Waals surface area contributed by atoms with E-state index in [1.54, 1.807) is 0 Å². The zero-order valence-corrected chi connectivity index (χ0v) is 9.57. The second-order valence-electron chi connectivity index (χ2n) is 3.74. The minimum atomic E-state index is -0.547. The fourth-order valence-electron chi connectivity index (χ4n) is 1.44. The first-order chi connectivity index (χ1) is 8.06. The molecule has 1 unspecified atom stereocenters. The van der Waals surface area contributed by atoms with Crippen LogP contribution in [0.1, 0.15) is 24.5 Å². The lowest BCUT2D eigenvalue weighted by molar-refractivity contribution is 0.465. The molecule has 2 aromatic heterocycles. The number of aromatic nitrogens is 2. The fourth-order valence-corrected chi connectivity index (χ4v) is 1.44. The Morgan fingerprint density at radius 1 is 1.47 bits per heavy atom. The molecule has 17 heavy (non-hydrogen) atoms. The topological polar surface area (TPSA) is 77.0 Å². The predicted molar refractivity (Wildman–Crippen MR) is 61.9 cm³/mol. The Morgan fingerprint density at radius 2 is 2.24 bits per heavy atom. The summed E-state index contributed by atoms with van der Waals surface area (Å²) in [6.45, 7) is 3.69. The van der Waals surface area contributed by atoms with Crippen molar-refractivity contribution >= 4 is 11.8 Å². The quantitative estimate of drug-likeness (QED) is 0.854. The van der Waals surface area contributed by atoms with Crippen molar-refractivity contribution in [1.29, 1.82) is 0 Å². The average Bonchev–Trinajstić information content (AvgIpc) is 2.70. The number of nitrogen functional groups attached to an aromatic ring is 1. The summed E-state index contributed by atoms with van der Waals surface area (Å²) in [5, 5.41) is 2.88. The van der Waals surface area contributed by atoms with Crippen LogP contribution in [0.15, 0.2) is 22.7 Å². The number of aryl methyl sites for hydroxylation is 1. The highest BCUT2D eigenvalue weighted by atomic mass is 19.1. The van der Waals surface area contributed by atoms with Crippen LogP contribution >= 0.6 is 0 Å². The van der Waals surface area contributed by atoms with Gasteiger partial charge in [0.25, 0.3) is 0 Å². The van der Waals surface area contributed by atoms with Crippen molar-refractivity contribution in [1.82, 2.24) is 9.97 Å². The number of halogens is 1. The summed E-state index contributed by atoms with van der Waals surface area (Å²) in [5.74, 6) is 1.06. The molecule has 1 atom stereocenters. The summed E-state index contributed by atoms with van der Waals surface area (Å²) in [6.07, 6.45) is 1.03. The zero-order chi connectivity index (χ0) is 12.4. The molecule has 0 aliphatic carbocycles. The van der Waals surface area contributed by atoms with Gasteiger partial charge in [-0.25, -0.2) is 9.37 Å². The third kappa shape index (κ3) is 2.52. The van der Waals surface area contributed by atoms with Crippen LogP contribution in [0, 0.1) is 12.7 Å². The number of nitrogens with two attached hydrogens (primary N) is 1. The van der Waals surface area contributed by atoms with Gasteiger partial charge in [0.2, 0.25) is 5.95 Å². The van der Waals surface area contributed by atoms with E-state index in [1.807, 2.05) is 26.0 Å². The lowest BCUT2D eigenvalue weighted by Gasteiger charge is -2.12. The van der Waals surface area contributed by atoms with E-state index < -0.39 is 5.82 Å². The molecule has 2 heterocycles. The molecule has 0 aromatic carbocycles. The molecule has 2 rings (SSSR count). The number of nitrogens with one attached hydrogen (secondary N) is 1. The van der Waals surface area contributed by atoms with Crippen molar-refractivity contribution in [3.63, 3.8) is 0 Å². The molecule has 6 heteroatoms. The first-order valence-electron chi connectivity index (χ1n) is 5.17. The highest BCUT2D eigenvalue weighted by molar-refractivity contribution is 5.40. The van der Waals surface area contributed by atoms with Gasteiger partial charge >= 0.3 is 0 Å². The van der Waals surface area contributed by atoms with Gasteiger partial charge in [0, 0.05) is 0 Å². The van der Waals surface area contributed by atoms with E-state index in [1.165, 1.54) is 0 Å². The molecule has 3 N–H and O–H groups in total. The van der Waals surface area contributed by atoms with Crippen molar-refractivity contribution in [2.75, 3.05) is 11.1 Å². The third-order valence-electron chi connectivity index (χ3n) is 2.30. The molecule has 90 valence electrons. The number of hydrogen-bond acceptors (Lipinski definition) is 5. The summed E-state index contributed by atoms with van der Waals surface area (Å²) < 4.78 is 18.8. The van der Waals surface area contributed by atoms with Crippen LogP contribution in [-0.4, -0.2) is 9.97 Å². The van der Waals surface area contributed by atoms with Crippen LogP contribution in [0.5, 0.6) is 0 Å². The molecule has 5 nitrogen and oxygen atoms in total. The summed E-state index contributed by atoms with van der Waals surface area (Å²) in [5.41, 5.74) is 5.39. The number of furan rings is 1. The van der Waals surface area contributed by atoms with E-state index in [0.29, 0.717) is 5.76 Å². The Balaban J connectivity index is 2.18. The maximum absolute atomic E-state index is 13.4. The molecule has 0 amide bonds. The molecule has 0 fully saturated rings. The number of hydrogen-bond donors (Lipinski definition) is 2. The number of rotatable bonds is 3. The van der Waals surface area contributed by atoms with Crippen LogP contribution < -0.4 is 11.1 Å². The maximum Gasteiger partial charge on any atom is 0.222 e. The lowest BCUT2D eigenvalue weighted by atomic mass is 10.2. The van der Waals surface area contributed by atoms with Gasteiger partial charge in [-0.1, -0.05) is 0 Å². The highest BCUT2D eigenvalue weighted by Gasteiger charge is 2.13. The summed E-state index contributed by atoms with van der Waals surface area (Å²) >= 11 is 0. The van der Waals surface area contributed by atoms with Gasteiger partial charge in [-0.15, -0.1) is 0 Å². The molecule has 0 bridgehead atoms. The first-order valence-corrected chi connectivity index (χ1v) is 5.17. The fraction of sp³-hybridized carbons (Fsp3) is 0.273. The molecular formula is C11H13FN4O.